The molecule has 0 spiro atoms. The molecule has 5 rings (SSSR count). The molecule has 1 aromatic heterocycles. The first-order valence-electron chi connectivity index (χ1n) is 12.0. The van der Waals surface area contributed by atoms with Crippen molar-refractivity contribution in [1.82, 2.24) is 14.8 Å². The highest BCUT2D eigenvalue weighted by Crippen LogP contribution is 2.24. The molecule has 2 saturated heterocycles. The summed E-state index contributed by atoms with van der Waals surface area (Å²) in [6.45, 7) is 6.15. The van der Waals surface area contributed by atoms with Gasteiger partial charge in [-0.2, -0.15) is 0 Å². The number of carbonyl (C=O) groups is 1. The summed E-state index contributed by atoms with van der Waals surface area (Å²) in [5.41, 5.74) is 1.35. The maximum Gasteiger partial charge on any atom is 0.264 e. The van der Waals surface area contributed by atoms with Crippen LogP contribution in [0.5, 0.6) is 0 Å². The number of anilines is 1. The molecule has 8 nitrogen and oxygen atoms in total. The number of carbonyl (C=O) groups excluding carboxylic acids is 1. The quantitative estimate of drug-likeness (QED) is 0.565. The number of fused-ring (bicyclic) bond motifs is 1. The molecule has 3 heterocycles. The molecule has 2 atom stereocenters. The van der Waals surface area contributed by atoms with E-state index in [1.807, 2.05) is 17.0 Å². The van der Waals surface area contributed by atoms with Crippen molar-refractivity contribution in [3.8, 4) is 0 Å². The van der Waals surface area contributed by atoms with Crippen LogP contribution < -0.4 is 4.72 Å². The molecule has 1 N–H and O–H groups in total. The minimum Gasteiger partial charge on any atom is -0.377 e. The van der Waals surface area contributed by atoms with E-state index in [2.05, 4.69) is 21.5 Å². The number of rotatable bonds is 6. The van der Waals surface area contributed by atoms with E-state index in [1.165, 1.54) is 6.07 Å². The third kappa shape index (κ3) is 5.17. The van der Waals surface area contributed by atoms with Gasteiger partial charge in [0.05, 0.1) is 11.6 Å². The fourth-order valence-corrected chi connectivity index (χ4v) is 6.17. The second kappa shape index (κ2) is 9.93. The Kier molecular flexibility index (Phi) is 6.73. The van der Waals surface area contributed by atoms with Crippen molar-refractivity contribution in [1.29, 1.82) is 0 Å². The highest BCUT2D eigenvalue weighted by atomic mass is 32.2. The van der Waals surface area contributed by atoms with E-state index in [9.17, 15) is 13.2 Å². The fraction of sp³-hybridized carbons (Fsp3) is 0.385. The minimum absolute atomic E-state index is 0.0399. The maximum atomic E-state index is 13.2. The SMILES string of the molecule is CC1CN(CC2CCCO2)CCN1C(=O)c1ccc(NS(=O)(=O)c2cccc3cccnc23)cc1. The van der Waals surface area contributed by atoms with Crippen molar-refractivity contribution in [2.24, 2.45) is 0 Å². The van der Waals surface area contributed by atoms with Crippen LogP contribution in [-0.4, -0.2) is 74.0 Å². The molecule has 1 amide bonds. The molecule has 0 bridgehead atoms. The summed E-state index contributed by atoms with van der Waals surface area (Å²) in [4.78, 5) is 21.8. The summed E-state index contributed by atoms with van der Waals surface area (Å²) in [6.07, 6.45) is 4.13. The van der Waals surface area contributed by atoms with E-state index in [0.29, 0.717) is 29.4 Å². The first-order chi connectivity index (χ1) is 16.9. The van der Waals surface area contributed by atoms with Gasteiger partial charge in [0.15, 0.2) is 0 Å². The number of aromatic nitrogens is 1. The lowest BCUT2D eigenvalue weighted by Crippen LogP contribution is -2.55. The van der Waals surface area contributed by atoms with Gasteiger partial charge >= 0.3 is 0 Å². The van der Waals surface area contributed by atoms with Gasteiger partial charge in [0.1, 0.15) is 4.90 Å². The molecule has 0 radical (unpaired) electrons. The Balaban J connectivity index is 1.24. The van der Waals surface area contributed by atoms with Crippen molar-refractivity contribution in [3.05, 3.63) is 66.4 Å². The fourth-order valence-electron chi connectivity index (χ4n) is 4.93. The zero-order valence-electron chi connectivity index (χ0n) is 19.8. The molecule has 2 aliphatic heterocycles. The lowest BCUT2D eigenvalue weighted by molar-refractivity contribution is 0.0279. The molecule has 2 fully saturated rings. The van der Waals surface area contributed by atoms with Gasteiger partial charge in [-0.1, -0.05) is 18.2 Å². The van der Waals surface area contributed by atoms with Gasteiger partial charge in [0, 0.05) is 61.7 Å². The van der Waals surface area contributed by atoms with Crippen LogP contribution in [0.4, 0.5) is 5.69 Å². The van der Waals surface area contributed by atoms with Crippen LogP contribution >= 0.6 is 0 Å². The Bertz CT molecular complexity index is 1300. The third-order valence-electron chi connectivity index (χ3n) is 6.73. The second-order valence-corrected chi connectivity index (χ2v) is 10.9. The zero-order valence-corrected chi connectivity index (χ0v) is 20.6. The predicted octanol–water partition coefficient (Wildman–Crippen LogP) is 3.36. The van der Waals surface area contributed by atoms with Crippen LogP contribution in [0.1, 0.15) is 30.1 Å². The van der Waals surface area contributed by atoms with Crippen molar-refractivity contribution in [2.75, 3.05) is 37.5 Å². The molecule has 3 aromatic rings. The molecular formula is C26H30N4O4S. The van der Waals surface area contributed by atoms with Gasteiger partial charge in [-0.15, -0.1) is 0 Å². The number of hydrogen-bond donors (Lipinski definition) is 1. The number of nitrogens with one attached hydrogen (secondary N) is 1. The van der Waals surface area contributed by atoms with E-state index in [4.69, 9.17) is 4.74 Å². The predicted molar refractivity (Wildman–Crippen MR) is 135 cm³/mol. The summed E-state index contributed by atoms with van der Waals surface area (Å²) in [7, 11) is -3.84. The average Bonchev–Trinajstić information content (AvgIpc) is 3.37. The van der Waals surface area contributed by atoms with E-state index in [1.54, 1.807) is 42.6 Å². The Hall–Kier alpha value is -3.01. The standard InChI is InChI=1S/C26H30N4O4S/c1-19-17-29(18-23-7-4-16-34-23)14-15-30(19)26(31)21-9-11-22(12-10-21)28-35(32,33)24-8-2-5-20-6-3-13-27-25(20)24/h2-3,5-6,8-13,19,23,28H,4,7,14-18H2,1H3. The highest BCUT2D eigenvalue weighted by molar-refractivity contribution is 7.93. The molecule has 184 valence electrons. The molecule has 2 unspecified atom stereocenters. The van der Waals surface area contributed by atoms with Crippen LogP contribution in [-0.2, 0) is 14.8 Å². The number of amides is 1. The summed E-state index contributed by atoms with van der Waals surface area (Å²) in [5.74, 6) is -0.0399. The largest absolute Gasteiger partial charge is 0.377 e. The van der Waals surface area contributed by atoms with Crippen molar-refractivity contribution < 1.29 is 17.9 Å². The maximum absolute atomic E-state index is 13.2. The van der Waals surface area contributed by atoms with Gasteiger partial charge < -0.3 is 9.64 Å². The van der Waals surface area contributed by atoms with Crippen molar-refractivity contribution in [3.63, 3.8) is 0 Å². The number of para-hydroxylation sites is 1. The number of piperazine rings is 1. The van der Waals surface area contributed by atoms with Crippen molar-refractivity contribution in [2.45, 2.75) is 36.8 Å². The van der Waals surface area contributed by atoms with E-state index >= 15 is 0 Å². The molecule has 9 heteroatoms. The number of nitrogens with zero attached hydrogens (tertiary/aromatic N) is 3. The molecule has 0 saturated carbocycles. The smallest absolute Gasteiger partial charge is 0.264 e. The van der Waals surface area contributed by atoms with Gasteiger partial charge in [-0.3, -0.25) is 19.4 Å². The van der Waals surface area contributed by atoms with Crippen molar-refractivity contribution >= 4 is 32.5 Å². The molecule has 2 aliphatic rings. The molecule has 0 aliphatic carbocycles. The third-order valence-corrected chi connectivity index (χ3v) is 8.14. The Morgan fingerprint density at radius 2 is 1.91 bits per heavy atom. The van der Waals surface area contributed by atoms with Crippen LogP contribution in [0.3, 0.4) is 0 Å². The summed E-state index contributed by atoms with van der Waals surface area (Å²) < 4.78 is 34.4. The number of ether oxygens (including phenoxy) is 1. The van der Waals surface area contributed by atoms with E-state index in [0.717, 1.165) is 44.5 Å². The summed E-state index contributed by atoms with van der Waals surface area (Å²) in [6, 6.07) is 15.3. The topological polar surface area (TPSA) is 91.8 Å². The molecular weight excluding hydrogens is 464 g/mol. The van der Waals surface area contributed by atoms with Gasteiger partial charge in [0.25, 0.3) is 15.9 Å². The monoisotopic (exact) mass is 494 g/mol. The molecule has 2 aromatic carbocycles. The second-order valence-electron chi connectivity index (χ2n) is 9.26. The van der Waals surface area contributed by atoms with E-state index < -0.39 is 10.0 Å². The average molecular weight is 495 g/mol. The summed E-state index contributed by atoms with van der Waals surface area (Å²) in [5, 5.41) is 0.751. The van der Waals surface area contributed by atoms with Crippen LogP contribution in [0.2, 0.25) is 0 Å². The van der Waals surface area contributed by atoms with Crippen LogP contribution in [0.25, 0.3) is 10.9 Å². The zero-order chi connectivity index (χ0) is 24.4. The first kappa shape index (κ1) is 23.7. The highest BCUT2D eigenvalue weighted by Gasteiger charge is 2.30. The first-order valence-corrected chi connectivity index (χ1v) is 13.5. The summed E-state index contributed by atoms with van der Waals surface area (Å²) >= 11 is 0. The lowest BCUT2D eigenvalue weighted by atomic mass is 10.1. The molecule has 35 heavy (non-hydrogen) atoms. The van der Waals surface area contributed by atoms with Gasteiger partial charge in [0.2, 0.25) is 0 Å². The van der Waals surface area contributed by atoms with E-state index in [-0.39, 0.29) is 16.8 Å². The Labute approximate surface area is 205 Å². The minimum atomic E-state index is -3.84. The number of hydrogen-bond acceptors (Lipinski definition) is 6. The van der Waals surface area contributed by atoms with Gasteiger partial charge in [-0.25, -0.2) is 8.42 Å². The number of benzene rings is 2. The van der Waals surface area contributed by atoms with Crippen LogP contribution in [0.15, 0.2) is 65.7 Å². The Morgan fingerprint density at radius 3 is 2.66 bits per heavy atom. The van der Waals surface area contributed by atoms with Crippen LogP contribution in [0, 0.1) is 0 Å². The Morgan fingerprint density at radius 1 is 1.11 bits per heavy atom. The van der Waals surface area contributed by atoms with Gasteiger partial charge in [-0.05, 0) is 56.2 Å². The number of sulfonamides is 1. The normalized spacial score (nSPS) is 21.3. The lowest BCUT2D eigenvalue weighted by Gasteiger charge is -2.40. The number of pyridine rings is 1.